The number of nitrogens with zero attached hydrogens (tertiary/aromatic N) is 2. The van der Waals surface area contributed by atoms with Crippen LogP contribution in [0.2, 0.25) is 0 Å². The monoisotopic (exact) mass is 402 g/mol. The van der Waals surface area contributed by atoms with Crippen LogP contribution in [0.3, 0.4) is 0 Å². The molecule has 2 aromatic carbocycles. The van der Waals surface area contributed by atoms with E-state index in [1.54, 1.807) is 11.3 Å². The Morgan fingerprint density at radius 2 is 1.76 bits per heavy atom. The van der Waals surface area contributed by atoms with Crippen molar-refractivity contribution in [3.8, 4) is 0 Å². The molecule has 4 aromatic rings. The number of carbonyl (C=O) groups is 1. The zero-order chi connectivity index (χ0) is 19.6. The summed E-state index contributed by atoms with van der Waals surface area (Å²) in [6, 6.07) is 18.0. The van der Waals surface area contributed by atoms with E-state index in [0.29, 0.717) is 5.56 Å². The van der Waals surface area contributed by atoms with Gasteiger partial charge in [0.15, 0.2) is 0 Å². The summed E-state index contributed by atoms with van der Waals surface area (Å²) in [5.74, 6) is 0.692. The zero-order valence-corrected chi connectivity index (χ0v) is 16.8. The molecule has 146 valence electrons. The van der Waals surface area contributed by atoms with Crippen LogP contribution in [0.5, 0.6) is 0 Å². The lowest BCUT2D eigenvalue weighted by atomic mass is 10.1. The van der Waals surface area contributed by atoms with E-state index in [9.17, 15) is 4.79 Å². The van der Waals surface area contributed by atoms with Gasteiger partial charge in [-0.1, -0.05) is 36.8 Å². The van der Waals surface area contributed by atoms with Crippen molar-refractivity contribution < 1.29 is 4.79 Å². The molecular formula is C23H22N4OS. The van der Waals surface area contributed by atoms with Crippen LogP contribution in [-0.4, -0.2) is 29.0 Å². The molecule has 0 atom stereocenters. The highest BCUT2D eigenvalue weighted by Crippen LogP contribution is 2.35. The Hall–Kier alpha value is -2.96. The highest BCUT2D eigenvalue weighted by Gasteiger charge is 2.19. The van der Waals surface area contributed by atoms with Gasteiger partial charge >= 0.3 is 0 Å². The number of rotatable bonds is 4. The highest BCUT2D eigenvalue weighted by atomic mass is 32.1. The van der Waals surface area contributed by atoms with Crippen LogP contribution in [-0.2, 0) is 0 Å². The standard InChI is InChI=1S/C23H22N4OS/c28-23(26-27-13-5-2-6-14-27)19-11-7-10-17-18-12-15-29-21(18)22(25-20(17)19)24-16-8-3-1-4-9-16/h1,3-4,7-12,15H,2,5-6,13-14H2,(H,24,25)(H,26,28). The third kappa shape index (κ3) is 3.57. The molecule has 1 aliphatic rings. The average Bonchev–Trinajstić information content (AvgIpc) is 3.26. The summed E-state index contributed by atoms with van der Waals surface area (Å²) in [5, 5.41) is 9.65. The maximum Gasteiger partial charge on any atom is 0.267 e. The molecule has 5 rings (SSSR count). The van der Waals surface area contributed by atoms with Crippen LogP contribution in [0.4, 0.5) is 11.5 Å². The predicted octanol–water partition coefficient (Wildman–Crippen LogP) is 5.32. The number of hydrazine groups is 1. The average molecular weight is 403 g/mol. The summed E-state index contributed by atoms with van der Waals surface area (Å²) < 4.78 is 1.09. The number of amides is 1. The van der Waals surface area contributed by atoms with Crippen LogP contribution in [0.25, 0.3) is 21.0 Å². The second-order valence-corrected chi connectivity index (χ2v) is 8.22. The van der Waals surface area contributed by atoms with Crippen LogP contribution in [0, 0.1) is 0 Å². The molecule has 2 aromatic heterocycles. The summed E-state index contributed by atoms with van der Waals surface area (Å²) in [7, 11) is 0. The van der Waals surface area contributed by atoms with Gasteiger partial charge in [-0.3, -0.25) is 10.2 Å². The van der Waals surface area contributed by atoms with Gasteiger partial charge in [0, 0.05) is 29.5 Å². The first-order valence-corrected chi connectivity index (χ1v) is 10.9. The zero-order valence-electron chi connectivity index (χ0n) is 16.0. The number of fused-ring (bicyclic) bond motifs is 3. The Balaban J connectivity index is 1.58. The number of hydrogen-bond acceptors (Lipinski definition) is 5. The van der Waals surface area contributed by atoms with Crippen LogP contribution >= 0.6 is 11.3 Å². The molecule has 0 spiro atoms. The van der Waals surface area contributed by atoms with Crippen molar-refractivity contribution in [2.45, 2.75) is 19.3 Å². The van der Waals surface area contributed by atoms with Gasteiger partial charge in [0.25, 0.3) is 5.91 Å². The molecule has 29 heavy (non-hydrogen) atoms. The van der Waals surface area contributed by atoms with Crippen LogP contribution in [0.15, 0.2) is 60.0 Å². The molecule has 6 heteroatoms. The first kappa shape index (κ1) is 18.1. The van der Waals surface area contributed by atoms with E-state index in [2.05, 4.69) is 22.2 Å². The molecule has 0 aliphatic carbocycles. The molecular weight excluding hydrogens is 380 g/mol. The largest absolute Gasteiger partial charge is 0.339 e. The van der Waals surface area contributed by atoms with Crippen LogP contribution < -0.4 is 10.7 Å². The lowest BCUT2D eigenvalue weighted by Gasteiger charge is -2.27. The fourth-order valence-electron chi connectivity index (χ4n) is 3.88. The highest BCUT2D eigenvalue weighted by molar-refractivity contribution is 7.18. The number of piperidine rings is 1. The summed E-state index contributed by atoms with van der Waals surface area (Å²) in [6.45, 7) is 1.80. The number of benzene rings is 2. The van der Waals surface area contributed by atoms with E-state index in [1.165, 1.54) is 6.42 Å². The van der Waals surface area contributed by atoms with E-state index in [1.807, 2.05) is 53.5 Å². The molecule has 2 N–H and O–H groups in total. The first-order valence-electron chi connectivity index (χ1n) is 9.97. The van der Waals surface area contributed by atoms with Crippen molar-refractivity contribution in [3.05, 3.63) is 65.5 Å². The van der Waals surface area contributed by atoms with Gasteiger partial charge < -0.3 is 5.32 Å². The third-order valence-electron chi connectivity index (χ3n) is 5.33. The van der Waals surface area contributed by atoms with Gasteiger partial charge in [-0.2, -0.15) is 0 Å². The van der Waals surface area contributed by atoms with Gasteiger partial charge in [-0.05, 0) is 42.5 Å². The SMILES string of the molecule is O=C(NN1CCCCC1)c1cccc2c1nc(Nc1ccccc1)c1sccc12. The number of carbonyl (C=O) groups excluding carboxylic acids is 1. The molecule has 5 nitrogen and oxygen atoms in total. The summed E-state index contributed by atoms with van der Waals surface area (Å²) in [5.41, 5.74) is 5.39. The minimum atomic E-state index is -0.0924. The van der Waals surface area contributed by atoms with Crippen molar-refractivity contribution in [1.29, 1.82) is 0 Å². The smallest absolute Gasteiger partial charge is 0.267 e. The summed E-state index contributed by atoms with van der Waals surface area (Å²) >= 11 is 1.66. The van der Waals surface area contributed by atoms with Gasteiger partial charge in [-0.15, -0.1) is 11.3 Å². The number of thiophene rings is 1. The Morgan fingerprint density at radius 3 is 2.59 bits per heavy atom. The molecule has 3 heterocycles. The quantitative estimate of drug-likeness (QED) is 0.485. The summed E-state index contributed by atoms with van der Waals surface area (Å²) in [6.07, 6.45) is 3.47. The Kier molecular flexibility index (Phi) is 4.87. The third-order valence-corrected chi connectivity index (χ3v) is 6.25. The van der Waals surface area contributed by atoms with E-state index in [0.717, 1.165) is 58.4 Å². The lowest BCUT2D eigenvalue weighted by Crippen LogP contribution is -2.45. The molecule has 0 radical (unpaired) electrons. The first-order chi connectivity index (χ1) is 14.3. The minimum absolute atomic E-state index is 0.0924. The normalized spacial score (nSPS) is 14.9. The Bertz CT molecular complexity index is 1170. The maximum absolute atomic E-state index is 13.1. The second-order valence-electron chi connectivity index (χ2n) is 7.31. The van der Waals surface area contributed by atoms with Gasteiger partial charge in [0.05, 0.1) is 15.8 Å². The number of para-hydroxylation sites is 2. The van der Waals surface area contributed by atoms with E-state index in [-0.39, 0.29) is 5.91 Å². The molecule has 0 bridgehead atoms. The van der Waals surface area contributed by atoms with Crippen molar-refractivity contribution in [2.75, 3.05) is 18.4 Å². The Labute approximate surface area is 173 Å². The lowest BCUT2D eigenvalue weighted by molar-refractivity contribution is 0.0751. The number of anilines is 2. The summed E-state index contributed by atoms with van der Waals surface area (Å²) in [4.78, 5) is 18.0. The maximum atomic E-state index is 13.1. The fourth-order valence-corrected chi connectivity index (χ4v) is 4.74. The van der Waals surface area contributed by atoms with Crippen molar-refractivity contribution in [3.63, 3.8) is 0 Å². The molecule has 1 aliphatic heterocycles. The molecule has 0 unspecified atom stereocenters. The number of pyridine rings is 1. The number of hydrogen-bond donors (Lipinski definition) is 2. The van der Waals surface area contributed by atoms with E-state index < -0.39 is 0 Å². The second kappa shape index (κ2) is 7.81. The van der Waals surface area contributed by atoms with E-state index >= 15 is 0 Å². The topological polar surface area (TPSA) is 57.3 Å². The van der Waals surface area contributed by atoms with Gasteiger partial charge in [0.1, 0.15) is 5.82 Å². The number of aromatic nitrogens is 1. The molecule has 1 saturated heterocycles. The minimum Gasteiger partial charge on any atom is -0.339 e. The Morgan fingerprint density at radius 1 is 0.931 bits per heavy atom. The van der Waals surface area contributed by atoms with Crippen LogP contribution in [0.1, 0.15) is 29.6 Å². The predicted molar refractivity (Wildman–Crippen MR) is 120 cm³/mol. The van der Waals surface area contributed by atoms with Gasteiger partial charge in [-0.25, -0.2) is 9.99 Å². The molecule has 1 amide bonds. The van der Waals surface area contributed by atoms with E-state index in [4.69, 9.17) is 4.98 Å². The number of nitrogens with one attached hydrogen (secondary N) is 2. The van der Waals surface area contributed by atoms with Gasteiger partial charge in [0.2, 0.25) is 0 Å². The molecule has 0 saturated carbocycles. The molecule has 1 fully saturated rings. The fraction of sp³-hybridized carbons (Fsp3) is 0.217. The van der Waals surface area contributed by atoms with Crippen molar-refractivity contribution in [1.82, 2.24) is 15.4 Å². The van der Waals surface area contributed by atoms with Crippen molar-refractivity contribution in [2.24, 2.45) is 0 Å². The van der Waals surface area contributed by atoms with Crippen molar-refractivity contribution >= 4 is 49.7 Å².